The van der Waals surface area contributed by atoms with Gasteiger partial charge < -0.3 is 19.4 Å². The quantitative estimate of drug-likeness (QED) is 0.299. The van der Waals surface area contributed by atoms with E-state index in [0.717, 1.165) is 23.8 Å². The molecule has 0 atom stereocenters. The van der Waals surface area contributed by atoms with E-state index in [1.165, 1.54) is 51.0 Å². The van der Waals surface area contributed by atoms with Gasteiger partial charge in [-0.25, -0.2) is 0 Å². The van der Waals surface area contributed by atoms with E-state index >= 15 is 0 Å². The number of carbonyl (C=O) groups excluding carboxylic acids is 1. The highest BCUT2D eigenvalue weighted by Crippen LogP contribution is 2.33. The Labute approximate surface area is 190 Å². The largest absolute Gasteiger partial charge is 0.493 e. The first-order valence-electron chi connectivity index (χ1n) is 10.6. The molecule has 10 heteroatoms. The van der Waals surface area contributed by atoms with Gasteiger partial charge in [0.1, 0.15) is 5.82 Å². The number of alkyl halides is 2. The van der Waals surface area contributed by atoms with Crippen LogP contribution in [0, 0.1) is 0 Å². The van der Waals surface area contributed by atoms with Crippen molar-refractivity contribution in [1.82, 2.24) is 20.1 Å². The molecule has 0 radical (unpaired) electrons. The van der Waals surface area contributed by atoms with Crippen molar-refractivity contribution >= 4 is 23.7 Å². The highest BCUT2D eigenvalue weighted by molar-refractivity contribution is 7.98. The SMILES string of the molecule is COc1cc(/C=C/C(=O)NCCCc2nnc(SC)n2C2CCCC2)ccc1OC(F)F. The first-order valence-corrected chi connectivity index (χ1v) is 11.8. The summed E-state index contributed by atoms with van der Waals surface area (Å²) in [6.45, 7) is -2.42. The Bertz CT molecular complexity index is 930. The van der Waals surface area contributed by atoms with Crippen LogP contribution >= 0.6 is 11.8 Å². The van der Waals surface area contributed by atoms with Crippen molar-refractivity contribution in [3.8, 4) is 11.5 Å². The number of thioether (sulfide) groups is 1. The van der Waals surface area contributed by atoms with Crippen LogP contribution in [-0.2, 0) is 11.2 Å². The lowest BCUT2D eigenvalue weighted by molar-refractivity contribution is -0.116. The van der Waals surface area contributed by atoms with Gasteiger partial charge in [-0.15, -0.1) is 10.2 Å². The molecule has 0 bridgehead atoms. The van der Waals surface area contributed by atoms with Crippen LogP contribution in [-0.4, -0.2) is 47.2 Å². The Kier molecular flexibility index (Phi) is 8.90. The minimum absolute atomic E-state index is 0.0563. The molecular formula is C22H28F2N4O3S. The van der Waals surface area contributed by atoms with E-state index in [4.69, 9.17) is 4.74 Å². The number of methoxy groups -OCH3 is 1. The Hall–Kier alpha value is -2.62. The highest BCUT2D eigenvalue weighted by Gasteiger charge is 2.23. The van der Waals surface area contributed by atoms with Crippen LogP contribution in [0.25, 0.3) is 6.08 Å². The molecule has 1 N–H and O–H groups in total. The van der Waals surface area contributed by atoms with E-state index in [2.05, 4.69) is 24.8 Å². The maximum atomic E-state index is 12.4. The van der Waals surface area contributed by atoms with Crippen LogP contribution in [0.2, 0.25) is 0 Å². The van der Waals surface area contributed by atoms with Crippen molar-refractivity contribution in [2.24, 2.45) is 0 Å². The Balaban J connectivity index is 1.49. The molecule has 0 unspecified atom stereocenters. The van der Waals surface area contributed by atoms with Crippen LogP contribution in [0.4, 0.5) is 8.78 Å². The summed E-state index contributed by atoms with van der Waals surface area (Å²) in [5.74, 6) is 0.853. The maximum Gasteiger partial charge on any atom is 0.387 e. The predicted molar refractivity (Wildman–Crippen MR) is 119 cm³/mol. The Morgan fingerprint density at radius 3 is 2.78 bits per heavy atom. The highest BCUT2D eigenvalue weighted by atomic mass is 32.2. The molecule has 0 spiro atoms. The van der Waals surface area contributed by atoms with Crippen molar-refractivity contribution in [3.05, 3.63) is 35.7 Å². The minimum Gasteiger partial charge on any atom is -0.493 e. The lowest BCUT2D eigenvalue weighted by Gasteiger charge is -2.16. The van der Waals surface area contributed by atoms with Gasteiger partial charge in [0.25, 0.3) is 0 Å². The molecule has 1 heterocycles. The van der Waals surface area contributed by atoms with Gasteiger partial charge >= 0.3 is 6.61 Å². The number of nitrogens with zero attached hydrogens (tertiary/aromatic N) is 3. The topological polar surface area (TPSA) is 78.3 Å². The first kappa shape index (κ1) is 24.0. The van der Waals surface area contributed by atoms with Crippen molar-refractivity contribution in [1.29, 1.82) is 0 Å². The monoisotopic (exact) mass is 466 g/mol. The molecule has 1 saturated carbocycles. The van der Waals surface area contributed by atoms with Crippen LogP contribution in [0.5, 0.6) is 11.5 Å². The molecule has 7 nitrogen and oxygen atoms in total. The third-order valence-electron chi connectivity index (χ3n) is 5.31. The fraction of sp³-hybridized carbons (Fsp3) is 0.500. The Morgan fingerprint density at radius 1 is 1.31 bits per heavy atom. The number of hydrogen-bond acceptors (Lipinski definition) is 6. The average molecular weight is 467 g/mol. The summed E-state index contributed by atoms with van der Waals surface area (Å²) in [5, 5.41) is 12.5. The first-order chi connectivity index (χ1) is 15.5. The fourth-order valence-corrected chi connectivity index (χ4v) is 4.39. The summed E-state index contributed by atoms with van der Waals surface area (Å²) in [5.41, 5.74) is 0.632. The van der Waals surface area contributed by atoms with Crippen molar-refractivity contribution in [2.45, 2.75) is 56.3 Å². The summed E-state index contributed by atoms with van der Waals surface area (Å²) in [6.07, 6.45) is 11.3. The molecule has 1 aliphatic rings. The van der Waals surface area contributed by atoms with Gasteiger partial charge in [0.15, 0.2) is 16.7 Å². The molecule has 1 amide bonds. The number of aromatic nitrogens is 3. The molecule has 1 fully saturated rings. The predicted octanol–water partition coefficient (Wildman–Crippen LogP) is 4.49. The van der Waals surface area contributed by atoms with Crippen molar-refractivity contribution < 1.29 is 23.0 Å². The number of halogens is 2. The second kappa shape index (κ2) is 11.8. The van der Waals surface area contributed by atoms with Crippen molar-refractivity contribution in [3.63, 3.8) is 0 Å². The van der Waals surface area contributed by atoms with Gasteiger partial charge in [-0.05, 0) is 49.3 Å². The van der Waals surface area contributed by atoms with Crippen LogP contribution in [0.1, 0.15) is 49.5 Å². The van der Waals surface area contributed by atoms with E-state index in [9.17, 15) is 13.6 Å². The lowest BCUT2D eigenvalue weighted by Crippen LogP contribution is -2.23. The summed E-state index contributed by atoms with van der Waals surface area (Å²) in [6, 6.07) is 4.96. The third kappa shape index (κ3) is 6.44. The number of aryl methyl sites for hydroxylation is 1. The van der Waals surface area contributed by atoms with Crippen LogP contribution < -0.4 is 14.8 Å². The van der Waals surface area contributed by atoms with E-state index in [1.54, 1.807) is 23.9 Å². The molecule has 0 saturated heterocycles. The third-order valence-corrected chi connectivity index (χ3v) is 5.96. The van der Waals surface area contributed by atoms with Gasteiger partial charge in [0, 0.05) is 25.1 Å². The number of ether oxygens (including phenoxy) is 2. The number of hydrogen-bond donors (Lipinski definition) is 1. The molecule has 1 aromatic heterocycles. The van der Waals surface area contributed by atoms with Gasteiger partial charge in [-0.1, -0.05) is 30.7 Å². The number of carbonyl (C=O) groups is 1. The zero-order valence-corrected chi connectivity index (χ0v) is 19.0. The van der Waals surface area contributed by atoms with Gasteiger partial charge in [0.2, 0.25) is 5.91 Å². The lowest BCUT2D eigenvalue weighted by atomic mass is 10.2. The molecule has 3 rings (SSSR count). The molecule has 32 heavy (non-hydrogen) atoms. The molecular weight excluding hydrogens is 438 g/mol. The standard InChI is InChI=1S/C22H28F2N4O3S/c1-30-18-14-15(9-11-17(18)31-21(23)24)10-12-20(29)25-13-5-8-19-26-27-22(32-2)28(19)16-6-3-4-7-16/h9-12,14,16,21H,3-8,13H2,1-2H3,(H,25,29)/b12-10+. The summed E-state index contributed by atoms with van der Waals surface area (Å²) in [7, 11) is 1.36. The summed E-state index contributed by atoms with van der Waals surface area (Å²) < 4.78 is 36.6. The molecule has 1 aromatic carbocycles. The van der Waals surface area contributed by atoms with E-state index in [-0.39, 0.29) is 17.4 Å². The zero-order valence-electron chi connectivity index (χ0n) is 18.2. The average Bonchev–Trinajstić information content (AvgIpc) is 3.44. The number of rotatable bonds is 11. The summed E-state index contributed by atoms with van der Waals surface area (Å²) in [4.78, 5) is 12.1. The second-order valence-electron chi connectivity index (χ2n) is 7.43. The van der Waals surface area contributed by atoms with Crippen LogP contribution in [0.15, 0.2) is 29.4 Å². The van der Waals surface area contributed by atoms with E-state index < -0.39 is 6.61 Å². The van der Waals surface area contributed by atoms with E-state index in [0.29, 0.717) is 18.2 Å². The number of nitrogens with one attached hydrogen (secondary N) is 1. The normalized spacial score (nSPS) is 14.4. The molecule has 174 valence electrons. The smallest absolute Gasteiger partial charge is 0.387 e. The van der Waals surface area contributed by atoms with Gasteiger partial charge in [0.05, 0.1) is 7.11 Å². The van der Waals surface area contributed by atoms with Crippen LogP contribution in [0.3, 0.4) is 0 Å². The molecule has 1 aliphatic carbocycles. The fourth-order valence-electron chi connectivity index (χ4n) is 3.82. The van der Waals surface area contributed by atoms with Gasteiger partial charge in [-0.2, -0.15) is 8.78 Å². The molecule has 0 aliphatic heterocycles. The maximum absolute atomic E-state index is 12.4. The number of amides is 1. The van der Waals surface area contributed by atoms with Gasteiger partial charge in [-0.3, -0.25) is 4.79 Å². The van der Waals surface area contributed by atoms with Crippen molar-refractivity contribution in [2.75, 3.05) is 19.9 Å². The summed E-state index contributed by atoms with van der Waals surface area (Å²) >= 11 is 1.61. The zero-order chi connectivity index (χ0) is 22.9. The van der Waals surface area contributed by atoms with E-state index in [1.807, 2.05) is 6.26 Å². The number of benzene rings is 1. The minimum atomic E-state index is -2.93. The molecule has 2 aromatic rings. The second-order valence-corrected chi connectivity index (χ2v) is 8.20. The Morgan fingerprint density at radius 2 is 2.09 bits per heavy atom.